The van der Waals surface area contributed by atoms with Crippen LogP contribution in [0.5, 0.6) is 0 Å². The summed E-state index contributed by atoms with van der Waals surface area (Å²) in [5.41, 5.74) is 0. The SMILES string of the molecule is CN(C)CCCC1CSCCN1. The molecule has 1 saturated heterocycles. The van der Waals surface area contributed by atoms with E-state index in [9.17, 15) is 0 Å². The van der Waals surface area contributed by atoms with Crippen LogP contribution in [0.4, 0.5) is 0 Å². The Morgan fingerprint density at radius 2 is 2.33 bits per heavy atom. The molecule has 1 aliphatic heterocycles. The van der Waals surface area contributed by atoms with E-state index in [4.69, 9.17) is 0 Å². The summed E-state index contributed by atoms with van der Waals surface area (Å²) in [6.45, 7) is 2.43. The second-order valence-corrected chi connectivity index (χ2v) is 4.82. The van der Waals surface area contributed by atoms with Crippen molar-refractivity contribution in [1.82, 2.24) is 10.2 Å². The summed E-state index contributed by atoms with van der Waals surface area (Å²) in [5.74, 6) is 2.61. The maximum Gasteiger partial charge on any atom is 0.0159 e. The number of hydrogen-bond acceptors (Lipinski definition) is 3. The molecule has 3 heteroatoms. The first-order valence-electron chi connectivity index (χ1n) is 4.75. The molecule has 1 aliphatic rings. The molecule has 1 heterocycles. The number of thioether (sulfide) groups is 1. The highest BCUT2D eigenvalue weighted by molar-refractivity contribution is 7.99. The standard InChI is InChI=1S/C9H20N2S/c1-11(2)6-3-4-9-8-12-7-5-10-9/h9-10H,3-8H2,1-2H3. The van der Waals surface area contributed by atoms with Gasteiger partial charge >= 0.3 is 0 Å². The van der Waals surface area contributed by atoms with E-state index in [1.807, 2.05) is 0 Å². The van der Waals surface area contributed by atoms with Crippen LogP contribution in [0.1, 0.15) is 12.8 Å². The highest BCUT2D eigenvalue weighted by atomic mass is 32.2. The predicted molar refractivity (Wildman–Crippen MR) is 56.9 cm³/mol. The molecule has 72 valence electrons. The molecule has 12 heavy (non-hydrogen) atoms. The molecule has 1 unspecified atom stereocenters. The first-order valence-corrected chi connectivity index (χ1v) is 5.90. The molecule has 0 aromatic carbocycles. The lowest BCUT2D eigenvalue weighted by atomic mass is 10.2. The predicted octanol–water partition coefficient (Wildman–Crippen LogP) is 1.03. The van der Waals surface area contributed by atoms with Crippen LogP contribution in [0, 0.1) is 0 Å². The topological polar surface area (TPSA) is 15.3 Å². The summed E-state index contributed by atoms with van der Waals surface area (Å²) in [4.78, 5) is 2.26. The summed E-state index contributed by atoms with van der Waals surface area (Å²) >= 11 is 2.09. The second-order valence-electron chi connectivity index (χ2n) is 3.67. The smallest absolute Gasteiger partial charge is 0.0159 e. The lowest BCUT2D eigenvalue weighted by Gasteiger charge is -2.23. The highest BCUT2D eigenvalue weighted by Crippen LogP contribution is 2.11. The quantitative estimate of drug-likeness (QED) is 0.709. The van der Waals surface area contributed by atoms with E-state index in [0.29, 0.717) is 0 Å². The average Bonchev–Trinajstić information content (AvgIpc) is 2.05. The van der Waals surface area contributed by atoms with Gasteiger partial charge in [0.15, 0.2) is 0 Å². The van der Waals surface area contributed by atoms with Gasteiger partial charge < -0.3 is 10.2 Å². The van der Waals surface area contributed by atoms with E-state index in [-0.39, 0.29) is 0 Å². The molecule has 1 fully saturated rings. The van der Waals surface area contributed by atoms with Crippen molar-refractivity contribution in [2.75, 3.05) is 38.7 Å². The number of nitrogens with one attached hydrogen (secondary N) is 1. The third-order valence-electron chi connectivity index (χ3n) is 2.16. The van der Waals surface area contributed by atoms with Crippen molar-refractivity contribution in [3.8, 4) is 0 Å². The molecule has 1 atom stereocenters. The minimum Gasteiger partial charge on any atom is -0.312 e. The largest absolute Gasteiger partial charge is 0.312 e. The van der Waals surface area contributed by atoms with Gasteiger partial charge in [-0.25, -0.2) is 0 Å². The van der Waals surface area contributed by atoms with Crippen LogP contribution >= 0.6 is 11.8 Å². The van der Waals surface area contributed by atoms with E-state index >= 15 is 0 Å². The Morgan fingerprint density at radius 1 is 1.50 bits per heavy atom. The van der Waals surface area contributed by atoms with Crippen molar-refractivity contribution >= 4 is 11.8 Å². The van der Waals surface area contributed by atoms with Gasteiger partial charge in [-0.3, -0.25) is 0 Å². The molecule has 0 aromatic heterocycles. The molecular weight excluding hydrogens is 168 g/mol. The van der Waals surface area contributed by atoms with Crippen LogP contribution in [0.2, 0.25) is 0 Å². The lowest BCUT2D eigenvalue weighted by molar-refractivity contribution is 0.377. The maximum absolute atomic E-state index is 3.55. The van der Waals surface area contributed by atoms with Gasteiger partial charge in [-0.1, -0.05) is 0 Å². The molecule has 0 aromatic rings. The van der Waals surface area contributed by atoms with Crippen molar-refractivity contribution in [1.29, 1.82) is 0 Å². The van der Waals surface area contributed by atoms with Crippen molar-refractivity contribution in [3.05, 3.63) is 0 Å². The zero-order valence-corrected chi connectivity index (χ0v) is 8.99. The van der Waals surface area contributed by atoms with E-state index in [1.54, 1.807) is 0 Å². The molecule has 0 saturated carbocycles. The second kappa shape index (κ2) is 5.84. The van der Waals surface area contributed by atoms with Gasteiger partial charge in [0, 0.05) is 24.1 Å². The van der Waals surface area contributed by atoms with Crippen LogP contribution in [-0.2, 0) is 0 Å². The molecule has 2 nitrogen and oxygen atoms in total. The van der Waals surface area contributed by atoms with Crippen molar-refractivity contribution in [2.45, 2.75) is 18.9 Å². The Bertz CT molecular complexity index is 111. The van der Waals surface area contributed by atoms with E-state index in [0.717, 1.165) is 6.04 Å². The zero-order chi connectivity index (χ0) is 8.81. The minimum absolute atomic E-state index is 0.781. The monoisotopic (exact) mass is 188 g/mol. The Kier molecular flexibility index (Phi) is 5.04. The molecule has 0 bridgehead atoms. The Hall–Kier alpha value is 0.270. The summed E-state index contributed by atoms with van der Waals surface area (Å²) in [6, 6.07) is 0.781. The summed E-state index contributed by atoms with van der Waals surface area (Å²) in [6.07, 6.45) is 2.66. The number of hydrogen-bond donors (Lipinski definition) is 1. The van der Waals surface area contributed by atoms with Gasteiger partial charge in [0.2, 0.25) is 0 Å². The minimum atomic E-state index is 0.781. The van der Waals surface area contributed by atoms with Crippen LogP contribution in [0.3, 0.4) is 0 Å². The fourth-order valence-corrected chi connectivity index (χ4v) is 2.46. The number of rotatable bonds is 4. The third-order valence-corrected chi connectivity index (χ3v) is 3.29. The van der Waals surface area contributed by atoms with Gasteiger partial charge in [-0.05, 0) is 33.5 Å². The highest BCUT2D eigenvalue weighted by Gasteiger charge is 2.11. The molecule has 1 N–H and O–H groups in total. The van der Waals surface area contributed by atoms with E-state index in [2.05, 4.69) is 36.1 Å². The molecular formula is C9H20N2S. The summed E-state index contributed by atoms with van der Waals surface area (Å²) in [7, 11) is 4.28. The third kappa shape index (κ3) is 4.33. The van der Waals surface area contributed by atoms with Crippen molar-refractivity contribution < 1.29 is 0 Å². The fraction of sp³-hybridized carbons (Fsp3) is 1.00. The Morgan fingerprint density at radius 3 is 2.92 bits per heavy atom. The zero-order valence-electron chi connectivity index (χ0n) is 8.18. The summed E-state index contributed by atoms with van der Waals surface area (Å²) < 4.78 is 0. The summed E-state index contributed by atoms with van der Waals surface area (Å²) in [5, 5.41) is 3.55. The first kappa shape index (κ1) is 10.4. The van der Waals surface area contributed by atoms with Crippen LogP contribution in [-0.4, -0.2) is 49.6 Å². The van der Waals surface area contributed by atoms with Gasteiger partial charge in [-0.15, -0.1) is 0 Å². The van der Waals surface area contributed by atoms with E-state index in [1.165, 1.54) is 37.4 Å². The van der Waals surface area contributed by atoms with Gasteiger partial charge in [0.25, 0.3) is 0 Å². The molecule has 1 rings (SSSR count). The fourth-order valence-electron chi connectivity index (χ4n) is 1.46. The van der Waals surface area contributed by atoms with Crippen LogP contribution < -0.4 is 5.32 Å². The van der Waals surface area contributed by atoms with Gasteiger partial charge in [0.05, 0.1) is 0 Å². The lowest BCUT2D eigenvalue weighted by Crippen LogP contribution is -2.37. The average molecular weight is 188 g/mol. The van der Waals surface area contributed by atoms with Crippen molar-refractivity contribution in [2.24, 2.45) is 0 Å². The first-order chi connectivity index (χ1) is 5.79. The molecule has 0 spiro atoms. The Balaban J connectivity index is 1.98. The van der Waals surface area contributed by atoms with Crippen LogP contribution in [0.15, 0.2) is 0 Å². The molecule has 0 amide bonds. The maximum atomic E-state index is 3.55. The normalized spacial score (nSPS) is 24.8. The Labute approximate surface area is 80.1 Å². The van der Waals surface area contributed by atoms with Crippen molar-refractivity contribution in [3.63, 3.8) is 0 Å². The van der Waals surface area contributed by atoms with Gasteiger partial charge in [-0.2, -0.15) is 11.8 Å². The molecule has 0 aliphatic carbocycles. The number of nitrogens with zero attached hydrogens (tertiary/aromatic N) is 1. The van der Waals surface area contributed by atoms with E-state index < -0.39 is 0 Å². The van der Waals surface area contributed by atoms with Gasteiger partial charge in [0.1, 0.15) is 0 Å². The van der Waals surface area contributed by atoms with Crippen LogP contribution in [0.25, 0.3) is 0 Å². The molecule has 0 radical (unpaired) electrons.